The van der Waals surface area contributed by atoms with Gasteiger partial charge in [0, 0.05) is 15.6 Å². The van der Waals surface area contributed by atoms with Crippen molar-refractivity contribution in [3.05, 3.63) is 32.4 Å². The van der Waals surface area contributed by atoms with E-state index in [9.17, 15) is 39.5 Å². The smallest absolute Gasteiger partial charge is 0.221 e. The fourth-order valence-corrected chi connectivity index (χ4v) is 3.53. The highest BCUT2D eigenvalue weighted by Gasteiger charge is 2.82. The lowest BCUT2D eigenvalue weighted by Gasteiger charge is -2.37. The van der Waals surface area contributed by atoms with Crippen molar-refractivity contribution in [1.82, 2.24) is 0 Å². The maximum atomic E-state index is 14.8. The van der Waals surface area contributed by atoms with Crippen LogP contribution in [0.1, 0.15) is 16.7 Å². The summed E-state index contributed by atoms with van der Waals surface area (Å²) in [5.41, 5.74) is -9.15. The van der Waals surface area contributed by atoms with Crippen molar-refractivity contribution in [2.75, 3.05) is 0 Å². The summed E-state index contributed by atoms with van der Waals surface area (Å²) in [6.45, 7) is 1.09. The molecule has 0 bridgehead atoms. The first-order chi connectivity index (χ1) is 11.3. The van der Waals surface area contributed by atoms with E-state index in [1.807, 2.05) is 0 Å². The summed E-state index contributed by atoms with van der Waals surface area (Å²) >= 11 is 17.6. The summed E-state index contributed by atoms with van der Waals surface area (Å²) in [6, 6.07) is 1.36. The second-order valence-corrected chi connectivity index (χ2v) is 8.97. The number of halogens is 13. The van der Waals surface area contributed by atoms with Crippen molar-refractivity contribution in [2.45, 2.75) is 41.1 Å². The predicted octanol–water partition coefficient (Wildman–Crippen LogP) is 7.44. The summed E-state index contributed by atoms with van der Waals surface area (Å²) in [4.78, 5) is 0. The molecular weight excluding hydrogens is 560 g/mol. The maximum absolute atomic E-state index is 14.8. The summed E-state index contributed by atoms with van der Waals surface area (Å²) in [5.74, 6) is -6.79. The quantitative estimate of drug-likeness (QED) is 0.203. The van der Waals surface area contributed by atoms with E-state index in [4.69, 9.17) is 34.8 Å². The molecule has 13 heteroatoms. The van der Waals surface area contributed by atoms with Crippen LogP contribution >= 0.6 is 57.4 Å². The van der Waals surface area contributed by atoms with Gasteiger partial charge in [-0.05, 0) is 46.7 Å². The maximum Gasteiger partial charge on any atom is 0.457 e. The molecule has 0 aliphatic heterocycles. The van der Waals surface area contributed by atoms with Crippen LogP contribution in [0.15, 0.2) is 12.1 Å². The van der Waals surface area contributed by atoms with E-state index in [0.29, 0.717) is 0 Å². The zero-order valence-corrected chi connectivity index (χ0v) is 16.7. The SMILES string of the molecule is Cc1cc(I)c(CC(Cl)(Cl)Cl)c(C(F)(C(F)(F)F)C(F)(F)C(F)(F)F)c1. The van der Waals surface area contributed by atoms with E-state index < -0.39 is 45.3 Å². The molecular formula is C13H7Cl3F9I. The highest BCUT2D eigenvalue weighted by molar-refractivity contribution is 14.1. The van der Waals surface area contributed by atoms with Gasteiger partial charge in [0.05, 0.1) is 0 Å². The lowest BCUT2D eigenvalue weighted by molar-refractivity contribution is -0.389. The van der Waals surface area contributed by atoms with Crippen LogP contribution in [0, 0.1) is 10.5 Å². The largest absolute Gasteiger partial charge is 0.457 e. The van der Waals surface area contributed by atoms with Gasteiger partial charge in [0.2, 0.25) is 0 Å². The fourth-order valence-electron chi connectivity index (χ4n) is 2.15. The second kappa shape index (κ2) is 7.22. The third-order valence-electron chi connectivity index (χ3n) is 3.27. The molecule has 0 aliphatic carbocycles. The Morgan fingerprint density at radius 2 is 1.31 bits per heavy atom. The Labute approximate surface area is 170 Å². The predicted molar refractivity (Wildman–Crippen MR) is 87.7 cm³/mol. The highest BCUT2D eigenvalue weighted by Crippen LogP contribution is 2.59. The molecule has 150 valence electrons. The summed E-state index contributed by atoms with van der Waals surface area (Å²) in [6.07, 6.45) is -14.5. The van der Waals surface area contributed by atoms with Gasteiger partial charge in [-0.3, -0.25) is 0 Å². The van der Waals surface area contributed by atoms with Crippen LogP contribution in [0.4, 0.5) is 39.5 Å². The number of aryl methyl sites for hydroxylation is 1. The number of rotatable bonds is 3. The molecule has 1 rings (SSSR count). The molecule has 1 unspecified atom stereocenters. The Morgan fingerprint density at radius 1 is 0.846 bits per heavy atom. The van der Waals surface area contributed by atoms with Gasteiger partial charge in [-0.25, -0.2) is 4.39 Å². The molecule has 0 aliphatic rings. The average molecular weight is 567 g/mol. The van der Waals surface area contributed by atoms with Crippen LogP contribution in [-0.4, -0.2) is 22.1 Å². The van der Waals surface area contributed by atoms with Crippen LogP contribution in [0.5, 0.6) is 0 Å². The minimum absolute atomic E-state index is 0.193. The van der Waals surface area contributed by atoms with Crippen molar-refractivity contribution >= 4 is 57.4 Å². The Kier molecular flexibility index (Phi) is 6.73. The van der Waals surface area contributed by atoms with E-state index in [-0.39, 0.29) is 15.2 Å². The number of hydrogen-bond donors (Lipinski definition) is 0. The van der Waals surface area contributed by atoms with Crippen LogP contribution in [0.25, 0.3) is 0 Å². The van der Waals surface area contributed by atoms with Crippen molar-refractivity contribution < 1.29 is 39.5 Å². The Morgan fingerprint density at radius 3 is 1.65 bits per heavy atom. The Hall–Kier alpha value is 0.190. The molecule has 0 radical (unpaired) electrons. The third-order valence-corrected chi connectivity index (χ3v) is 4.63. The zero-order chi connectivity index (χ0) is 20.9. The standard InChI is InChI=1S/C13H7Cl3F9I/c1-5-2-7(6(8(26)3-5)4-9(14,15)16)10(17,12(20,21)22)11(18,19)13(23,24)25/h2-3H,4H2,1H3. The van der Waals surface area contributed by atoms with Crippen LogP contribution in [-0.2, 0) is 12.1 Å². The van der Waals surface area contributed by atoms with Gasteiger partial charge in [0.1, 0.15) is 0 Å². The minimum Gasteiger partial charge on any atom is -0.221 e. The van der Waals surface area contributed by atoms with Gasteiger partial charge >= 0.3 is 23.9 Å². The average Bonchev–Trinajstić information content (AvgIpc) is 2.36. The molecule has 0 N–H and O–H groups in total. The van der Waals surface area contributed by atoms with Gasteiger partial charge < -0.3 is 0 Å². The van der Waals surface area contributed by atoms with E-state index in [1.54, 1.807) is 0 Å². The first-order valence-electron chi connectivity index (χ1n) is 6.32. The van der Waals surface area contributed by atoms with Gasteiger partial charge in [-0.2, -0.15) is 35.1 Å². The molecule has 0 nitrogen and oxygen atoms in total. The fraction of sp³-hybridized carbons (Fsp3) is 0.538. The van der Waals surface area contributed by atoms with Gasteiger partial charge in [0.15, 0.2) is 3.79 Å². The van der Waals surface area contributed by atoms with Gasteiger partial charge in [-0.1, -0.05) is 40.9 Å². The third kappa shape index (κ3) is 4.43. The lowest BCUT2D eigenvalue weighted by Crippen LogP contribution is -2.60. The van der Waals surface area contributed by atoms with Crippen LogP contribution in [0.2, 0.25) is 0 Å². The van der Waals surface area contributed by atoms with Crippen LogP contribution < -0.4 is 0 Å². The van der Waals surface area contributed by atoms with E-state index in [0.717, 1.165) is 13.0 Å². The summed E-state index contributed by atoms with van der Waals surface area (Å²) in [5, 5.41) is 0. The highest BCUT2D eigenvalue weighted by atomic mass is 127. The summed E-state index contributed by atoms with van der Waals surface area (Å²) < 4.78 is 117. The lowest BCUT2D eigenvalue weighted by atomic mass is 9.83. The van der Waals surface area contributed by atoms with Gasteiger partial charge in [-0.15, -0.1) is 0 Å². The number of benzene rings is 1. The molecule has 1 aromatic carbocycles. The first-order valence-corrected chi connectivity index (χ1v) is 8.53. The van der Waals surface area contributed by atoms with Gasteiger partial charge in [0.25, 0.3) is 0 Å². The zero-order valence-electron chi connectivity index (χ0n) is 12.3. The molecule has 1 aromatic rings. The van der Waals surface area contributed by atoms with E-state index in [2.05, 4.69) is 0 Å². The molecule has 0 amide bonds. The van der Waals surface area contributed by atoms with Crippen molar-refractivity contribution in [2.24, 2.45) is 0 Å². The topological polar surface area (TPSA) is 0 Å². The molecule has 0 spiro atoms. The number of alkyl halides is 12. The molecule has 26 heavy (non-hydrogen) atoms. The van der Waals surface area contributed by atoms with E-state index in [1.165, 1.54) is 22.6 Å². The molecule has 0 saturated carbocycles. The molecule has 0 saturated heterocycles. The van der Waals surface area contributed by atoms with E-state index >= 15 is 0 Å². The van der Waals surface area contributed by atoms with Crippen molar-refractivity contribution in [1.29, 1.82) is 0 Å². The normalized spacial score (nSPS) is 16.5. The first kappa shape index (κ1) is 24.2. The number of hydrogen-bond acceptors (Lipinski definition) is 0. The Balaban J connectivity index is 3.97. The second-order valence-electron chi connectivity index (χ2n) is 5.29. The van der Waals surface area contributed by atoms with Crippen LogP contribution in [0.3, 0.4) is 0 Å². The molecule has 0 heterocycles. The monoisotopic (exact) mass is 566 g/mol. The molecule has 1 atom stereocenters. The molecule has 0 aromatic heterocycles. The van der Waals surface area contributed by atoms with Crippen molar-refractivity contribution in [3.8, 4) is 0 Å². The van der Waals surface area contributed by atoms with Crippen molar-refractivity contribution in [3.63, 3.8) is 0 Å². The summed E-state index contributed by atoms with van der Waals surface area (Å²) in [7, 11) is 0. The molecule has 0 fully saturated rings. The Bertz CT molecular complexity index is 679. The minimum atomic E-state index is -6.83.